The van der Waals surface area contributed by atoms with Crippen LogP contribution < -0.4 is 10.0 Å². The summed E-state index contributed by atoms with van der Waals surface area (Å²) >= 11 is 6.14. The average molecular weight is 513 g/mol. The Kier molecular flexibility index (Phi) is 5.59. The monoisotopic (exact) mass is 512 g/mol. The summed E-state index contributed by atoms with van der Waals surface area (Å²) in [6.07, 6.45) is -0.494. The molecule has 0 aliphatic heterocycles. The fourth-order valence-electron chi connectivity index (χ4n) is 4.17. The minimum atomic E-state index is -2.96. The lowest BCUT2D eigenvalue weighted by Crippen LogP contribution is -2.45. The number of hydrogen-bond donors (Lipinski definition) is 2. The Hall–Kier alpha value is -4.45. The molecule has 2 atom stereocenters. The van der Waals surface area contributed by atoms with E-state index in [2.05, 4.69) is 20.8 Å². The number of aromatic carboxylic acids is 1. The molecule has 0 saturated carbocycles. The van der Waals surface area contributed by atoms with Gasteiger partial charge >= 0.3 is 5.97 Å². The van der Waals surface area contributed by atoms with Gasteiger partial charge in [-0.2, -0.15) is 9.41 Å². The van der Waals surface area contributed by atoms with Gasteiger partial charge in [0, 0.05) is 28.3 Å². The van der Waals surface area contributed by atoms with Crippen LogP contribution in [0.5, 0.6) is 0 Å². The number of nitrogens with one attached hydrogen (secondary N) is 1. The molecule has 2 aromatic carbocycles. The number of alkyl halides is 2. The second-order valence-corrected chi connectivity index (χ2v) is 8.52. The van der Waals surface area contributed by atoms with Crippen LogP contribution in [0.3, 0.4) is 0 Å². The molecular formula is C23H15ClF2N6O4. The quantitative estimate of drug-likeness (QED) is 0.308. The van der Waals surface area contributed by atoms with Gasteiger partial charge in [-0.1, -0.05) is 11.6 Å². The first-order valence-electron chi connectivity index (χ1n) is 10.5. The van der Waals surface area contributed by atoms with E-state index in [9.17, 15) is 14.8 Å². The van der Waals surface area contributed by atoms with Crippen LogP contribution in [0, 0.1) is 5.21 Å². The van der Waals surface area contributed by atoms with Crippen molar-refractivity contribution < 1.29 is 28.2 Å². The number of hydrogen-bond acceptors (Lipinski definition) is 6. The number of amides is 1. The smallest absolute Gasteiger partial charge is 0.335 e. The summed E-state index contributed by atoms with van der Waals surface area (Å²) in [6.45, 7) is 0. The van der Waals surface area contributed by atoms with Crippen LogP contribution in [-0.4, -0.2) is 37.2 Å². The molecule has 0 bridgehead atoms. The molecule has 182 valence electrons. The number of tetrazole rings is 1. The molecular weight excluding hydrogens is 498 g/mol. The molecule has 4 aromatic rings. The van der Waals surface area contributed by atoms with Crippen LogP contribution in [-0.2, 0) is 10.5 Å². The topological polar surface area (TPSA) is 137 Å². The first-order valence-corrected chi connectivity index (χ1v) is 10.8. The zero-order valence-corrected chi connectivity index (χ0v) is 18.9. The number of anilines is 1. The van der Waals surface area contributed by atoms with E-state index in [1.807, 2.05) is 0 Å². The standard InChI is InChI=1S/C23H15ClF2N6O4/c24-14-3-6-19(31-11-27-29-30-31)16(8-14)13-7-17-18(25)9-23(26,20(17)32(36)10-13)22(35)28-15-4-1-12(2-5-15)21(33)34/h1-8,10-11,18H,9H2,(H,28,35)(H,33,34). The molecule has 0 spiro atoms. The molecule has 2 aromatic heterocycles. The minimum absolute atomic E-state index is 0.0371. The Labute approximate surface area is 206 Å². The molecule has 1 amide bonds. The molecule has 10 nitrogen and oxygen atoms in total. The van der Waals surface area contributed by atoms with E-state index in [-0.39, 0.29) is 27.1 Å². The number of pyridine rings is 1. The zero-order valence-electron chi connectivity index (χ0n) is 18.1. The van der Waals surface area contributed by atoms with Crippen molar-refractivity contribution >= 4 is 29.2 Å². The number of rotatable bonds is 5. The largest absolute Gasteiger partial charge is 0.618 e. The van der Waals surface area contributed by atoms with Gasteiger partial charge < -0.3 is 15.6 Å². The van der Waals surface area contributed by atoms with Gasteiger partial charge in [0.2, 0.25) is 5.69 Å². The van der Waals surface area contributed by atoms with Crippen molar-refractivity contribution in [2.75, 3.05) is 5.32 Å². The molecule has 1 aliphatic rings. The third kappa shape index (κ3) is 3.90. The van der Waals surface area contributed by atoms with Gasteiger partial charge in [0.05, 0.1) is 16.8 Å². The summed E-state index contributed by atoms with van der Waals surface area (Å²) in [4.78, 5) is 23.9. The predicted octanol–water partition coefficient (Wildman–Crippen LogP) is 3.53. The molecule has 5 rings (SSSR count). The fourth-order valence-corrected chi connectivity index (χ4v) is 4.34. The summed E-state index contributed by atoms with van der Waals surface area (Å²) in [5, 5.41) is 35.6. The summed E-state index contributed by atoms with van der Waals surface area (Å²) in [7, 11) is 0. The van der Waals surface area contributed by atoms with Gasteiger partial charge in [-0.25, -0.2) is 13.6 Å². The van der Waals surface area contributed by atoms with Crippen LogP contribution in [0.1, 0.15) is 34.2 Å². The lowest BCUT2D eigenvalue weighted by Gasteiger charge is -2.19. The van der Waals surface area contributed by atoms with Gasteiger partial charge in [-0.05, 0) is 59.0 Å². The SMILES string of the molecule is O=C(O)c1ccc(NC(=O)C2(F)CC(F)c3cc(-c4cc(Cl)ccc4-n4cnnn4)c[n+]([O-])c32)cc1. The van der Waals surface area contributed by atoms with Gasteiger partial charge in [-0.15, -0.1) is 5.10 Å². The highest BCUT2D eigenvalue weighted by Gasteiger charge is 2.57. The lowest BCUT2D eigenvalue weighted by molar-refractivity contribution is -0.618. The van der Waals surface area contributed by atoms with E-state index in [0.717, 1.165) is 6.20 Å². The number of carboxylic acids is 1. The lowest BCUT2D eigenvalue weighted by atomic mass is 9.99. The Morgan fingerprint density at radius 2 is 1.97 bits per heavy atom. The molecule has 36 heavy (non-hydrogen) atoms. The summed E-state index contributed by atoms with van der Waals surface area (Å²) in [5.74, 6) is -2.42. The number of nitrogens with zero attached hydrogens (tertiary/aromatic N) is 5. The first kappa shape index (κ1) is 23.3. The van der Waals surface area contributed by atoms with Crippen LogP contribution in [0.25, 0.3) is 16.8 Å². The van der Waals surface area contributed by atoms with Crippen molar-refractivity contribution in [3.8, 4) is 16.8 Å². The molecule has 2 unspecified atom stereocenters. The molecule has 13 heteroatoms. The van der Waals surface area contributed by atoms with Crippen LogP contribution in [0.4, 0.5) is 14.5 Å². The molecule has 1 aliphatic carbocycles. The fraction of sp³-hybridized carbons (Fsp3) is 0.130. The number of halogens is 3. The molecule has 0 fully saturated rings. The third-order valence-electron chi connectivity index (χ3n) is 5.85. The van der Waals surface area contributed by atoms with E-state index in [1.54, 1.807) is 12.1 Å². The van der Waals surface area contributed by atoms with Crippen molar-refractivity contribution in [2.24, 2.45) is 0 Å². The average Bonchev–Trinajstić information content (AvgIpc) is 3.46. The van der Waals surface area contributed by atoms with Gasteiger partial charge in [-0.3, -0.25) is 4.79 Å². The van der Waals surface area contributed by atoms with Crippen LogP contribution in [0.15, 0.2) is 61.1 Å². The summed E-state index contributed by atoms with van der Waals surface area (Å²) < 4.78 is 32.5. The maximum absolute atomic E-state index is 16.0. The molecule has 0 saturated heterocycles. The number of carbonyl (C=O) groups excluding carboxylic acids is 1. The van der Waals surface area contributed by atoms with Gasteiger partial charge in [0.15, 0.2) is 6.20 Å². The first-order chi connectivity index (χ1) is 17.2. The Bertz CT molecular complexity index is 1500. The maximum Gasteiger partial charge on any atom is 0.335 e. The van der Waals surface area contributed by atoms with Gasteiger partial charge in [0.1, 0.15) is 12.5 Å². The number of aromatic nitrogens is 5. The van der Waals surface area contributed by atoms with Gasteiger partial charge in [0.25, 0.3) is 11.6 Å². The summed E-state index contributed by atoms with van der Waals surface area (Å²) in [6, 6.07) is 11.0. The molecule has 2 heterocycles. The van der Waals surface area contributed by atoms with E-state index in [1.165, 1.54) is 47.4 Å². The van der Waals surface area contributed by atoms with Crippen molar-refractivity contribution in [1.29, 1.82) is 0 Å². The maximum atomic E-state index is 16.0. The second-order valence-electron chi connectivity index (χ2n) is 8.08. The zero-order chi connectivity index (χ0) is 25.6. The number of benzene rings is 2. The summed E-state index contributed by atoms with van der Waals surface area (Å²) in [5.41, 5.74) is -2.81. The number of carboxylic acid groups (broad SMARTS) is 1. The highest BCUT2D eigenvalue weighted by Crippen LogP contribution is 2.48. The highest BCUT2D eigenvalue weighted by atomic mass is 35.5. The van der Waals surface area contributed by atoms with Crippen molar-refractivity contribution in [3.05, 3.63) is 88.1 Å². The predicted molar refractivity (Wildman–Crippen MR) is 122 cm³/mol. The molecule has 0 radical (unpaired) electrons. The second kappa shape index (κ2) is 8.64. The third-order valence-corrected chi connectivity index (χ3v) is 6.08. The van der Waals surface area contributed by atoms with Crippen molar-refractivity contribution in [3.63, 3.8) is 0 Å². The van der Waals surface area contributed by atoms with E-state index < -0.39 is 35.8 Å². The van der Waals surface area contributed by atoms with Crippen LogP contribution >= 0.6 is 11.6 Å². The highest BCUT2D eigenvalue weighted by molar-refractivity contribution is 6.31. The Balaban J connectivity index is 1.53. The number of fused-ring (bicyclic) bond motifs is 1. The van der Waals surface area contributed by atoms with E-state index in [4.69, 9.17) is 16.7 Å². The number of carbonyl (C=O) groups is 2. The van der Waals surface area contributed by atoms with Crippen molar-refractivity contribution in [1.82, 2.24) is 20.2 Å². The normalized spacial score (nSPS) is 18.6. The Morgan fingerprint density at radius 1 is 1.22 bits per heavy atom. The van der Waals surface area contributed by atoms with Crippen molar-refractivity contribution in [2.45, 2.75) is 18.3 Å². The van der Waals surface area contributed by atoms with E-state index >= 15 is 8.78 Å². The molecule has 2 N–H and O–H groups in total. The minimum Gasteiger partial charge on any atom is -0.618 e. The van der Waals surface area contributed by atoms with Crippen LogP contribution in [0.2, 0.25) is 5.02 Å². The Morgan fingerprint density at radius 3 is 2.64 bits per heavy atom. The van der Waals surface area contributed by atoms with E-state index in [0.29, 0.717) is 16.3 Å².